The van der Waals surface area contributed by atoms with Crippen LogP contribution in [0.15, 0.2) is 0 Å². The van der Waals surface area contributed by atoms with Crippen molar-refractivity contribution >= 4 is 0 Å². The summed E-state index contributed by atoms with van der Waals surface area (Å²) in [5, 5.41) is 0. The van der Waals surface area contributed by atoms with Crippen LogP contribution in [0.3, 0.4) is 0 Å². The van der Waals surface area contributed by atoms with E-state index in [1.54, 1.807) is 0 Å². The minimum atomic E-state index is 0.605. The minimum absolute atomic E-state index is 0.605. The predicted molar refractivity (Wildman–Crippen MR) is 35.7 cm³/mol. The average molecular weight is 140 g/mol. The third-order valence-electron chi connectivity index (χ3n) is 2.88. The van der Waals surface area contributed by atoms with Gasteiger partial charge in [-0.1, -0.05) is 0 Å². The van der Waals surface area contributed by atoms with Crippen LogP contribution in [-0.4, -0.2) is 24.9 Å². The Labute approximate surface area is 60.5 Å². The first-order valence-corrected chi connectivity index (χ1v) is 4.20. The number of rotatable bonds is 2. The molecule has 0 aromatic rings. The molecule has 1 saturated carbocycles. The summed E-state index contributed by atoms with van der Waals surface area (Å²) in [5.41, 5.74) is 0. The normalized spacial score (nSPS) is 56.4. The van der Waals surface area contributed by atoms with E-state index >= 15 is 0 Å². The second-order valence-electron chi connectivity index (χ2n) is 3.67. The first kappa shape index (κ1) is 5.56. The lowest BCUT2D eigenvalue weighted by molar-refractivity contribution is 0.241. The lowest BCUT2D eigenvalue weighted by Crippen LogP contribution is -2.06. The van der Waals surface area contributed by atoms with Crippen LogP contribution in [0.25, 0.3) is 0 Å². The predicted octanol–water partition coefficient (Wildman–Crippen LogP) is 0.953. The van der Waals surface area contributed by atoms with Crippen molar-refractivity contribution in [3.63, 3.8) is 0 Å². The number of fused-ring (bicyclic) bond motifs is 1. The molecule has 2 saturated heterocycles. The molecule has 2 nitrogen and oxygen atoms in total. The highest BCUT2D eigenvalue weighted by Crippen LogP contribution is 2.45. The SMILES string of the molecule is C1OC1CC1CCC2OC12. The zero-order chi connectivity index (χ0) is 6.55. The molecule has 0 aromatic carbocycles. The van der Waals surface area contributed by atoms with E-state index in [1.165, 1.54) is 19.3 Å². The maximum Gasteiger partial charge on any atom is 0.0870 e. The molecule has 0 N–H and O–H groups in total. The summed E-state index contributed by atoms with van der Waals surface area (Å²) in [7, 11) is 0. The highest BCUT2D eigenvalue weighted by Gasteiger charge is 2.51. The molecule has 4 unspecified atom stereocenters. The largest absolute Gasteiger partial charge is 0.373 e. The average Bonchev–Trinajstić information content (AvgIpc) is 2.74. The maximum absolute atomic E-state index is 5.44. The fourth-order valence-corrected chi connectivity index (χ4v) is 2.14. The first-order valence-electron chi connectivity index (χ1n) is 4.20. The maximum atomic E-state index is 5.44. The van der Waals surface area contributed by atoms with Crippen molar-refractivity contribution in [2.24, 2.45) is 5.92 Å². The fraction of sp³-hybridized carbons (Fsp3) is 1.00. The highest BCUT2D eigenvalue weighted by atomic mass is 16.6. The Morgan fingerprint density at radius 1 is 1.30 bits per heavy atom. The minimum Gasteiger partial charge on any atom is -0.373 e. The highest BCUT2D eigenvalue weighted by molar-refractivity contribution is 4.98. The lowest BCUT2D eigenvalue weighted by Gasteiger charge is -2.06. The van der Waals surface area contributed by atoms with Crippen LogP contribution in [0.5, 0.6) is 0 Å². The summed E-state index contributed by atoms with van der Waals surface area (Å²) >= 11 is 0. The number of ether oxygens (including phenoxy) is 2. The molecule has 3 aliphatic rings. The van der Waals surface area contributed by atoms with Gasteiger partial charge in [-0.15, -0.1) is 0 Å². The van der Waals surface area contributed by atoms with Gasteiger partial charge in [0.2, 0.25) is 0 Å². The first-order chi connectivity index (χ1) is 4.93. The van der Waals surface area contributed by atoms with Crippen molar-refractivity contribution in [2.75, 3.05) is 6.61 Å². The van der Waals surface area contributed by atoms with E-state index in [2.05, 4.69) is 0 Å². The molecule has 2 heteroatoms. The molecule has 56 valence electrons. The summed E-state index contributed by atoms with van der Waals surface area (Å²) in [6, 6.07) is 0. The van der Waals surface area contributed by atoms with Crippen LogP contribution in [0.1, 0.15) is 19.3 Å². The molecule has 4 atom stereocenters. The van der Waals surface area contributed by atoms with Gasteiger partial charge in [-0.05, 0) is 25.2 Å². The Morgan fingerprint density at radius 2 is 2.20 bits per heavy atom. The van der Waals surface area contributed by atoms with Crippen LogP contribution in [0.2, 0.25) is 0 Å². The molecule has 0 amide bonds. The standard InChI is InChI=1S/C8H12O2/c1-2-7-8(10-7)5(1)3-6-4-9-6/h5-8H,1-4H2. The van der Waals surface area contributed by atoms with Crippen LogP contribution < -0.4 is 0 Å². The van der Waals surface area contributed by atoms with Crippen molar-refractivity contribution in [1.82, 2.24) is 0 Å². The monoisotopic (exact) mass is 140 g/mol. The second-order valence-corrected chi connectivity index (χ2v) is 3.67. The second kappa shape index (κ2) is 1.74. The van der Waals surface area contributed by atoms with Gasteiger partial charge in [0.25, 0.3) is 0 Å². The summed E-state index contributed by atoms with van der Waals surface area (Å²) in [4.78, 5) is 0. The van der Waals surface area contributed by atoms with E-state index in [9.17, 15) is 0 Å². The molecule has 0 radical (unpaired) electrons. The summed E-state index contributed by atoms with van der Waals surface area (Å²) in [6.07, 6.45) is 5.86. The van der Waals surface area contributed by atoms with Crippen molar-refractivity contribution in [3.8, 4) is 0 Å². The van der Waals surface area contributed by atoms with E-state index in [4.69, 9.17) is 9.47 Å². The molecule has 2 aliphatic heterocycles. The zero-order valence-corrected chi connectivity index (χ0v) is 5.95. The molecule has 3 rings (SSSR count). The van der Waals surface area contributed by atoms with Gasteiger partial charge in [0.1, 0.15) is 0 Å². The molecule has 0 aromatic heterocycles. The number of hydrogen-bond acceptors (Lipinski definition) is 2. The van der Waals surface area contributed by atoms with Crippen LogP contribution in [0.4, 0.5) is 0 Å². The Balaban J connectivity index is 1.60. The van der Waals surface area contributed by atoms with E-state index in [0.717, 1.165) is 12.5 Å². The van der Waals surface area contributed by atoms with Crippen LogP contribution in [-0.2, 0) is 9.47 Å². The van der Waals surface area contributed by atoms with E-state index < -0.39 is 0 Å². The van der Waals surface area contributed by atoms with Gasteiger partial charge in [-0.25, -0.2) is 0 Å². The summed E-state index contributed by atoms with van der Waals surface area (Å²) in [5.74, 6) is 0.845. The smallest absolute Gasteiger partial charge is 0.0870 e. The fourth-order valence-electron chi connectivity index (χ4n) is 2.14. The van der Waals surface area contributed by atoms with Gasteiger partial charge in [0.15, 0.2) is 0 Å². The Hall–Kier alpha value is -0.0800. The lowest BCUT2D eigenvalue weighted by atomic mass is 10.0. The Bertz CT molecular complexity index is 153. The molecule has 1 aliphatic carbocycles. The van der Waals surface area contributed by atoms with E-state index in [1.807, 2.05) is 0 Å². The van der Waals surface area contributed by atoms with Gasteiger partial charge >= 0.3 is 0 Å². The van der Waals surface area contributed by atoms with Gasteiger partial charge in [0, 0.05) is 0 Å². The Morgan fingerprint density at radius 3 is 2.70 bits per heavy atom. The van der Waals surface area contributed by atoms with Gasteiger partial charge in [-0.3, -0.25) is 0 Å². The summed E-state index contributed by atoms with van der Waals surface area (Å²) in [6.45, 7) is 1.01. The van der Waals surface area contributed by atoms with Crippen LogP contribution in [0, 0.1) is 5.92 Å². The molecule has 0 bridgehead atoms. The van der Waals surface area contributed by atoms with Crippen molar-refractivity contribution < 1.29 is 9.47 Å². The molecule has 0 spiro atoms. The van der Waals surface area contributed by atoms with Crippen LogP contribution >= 0.6 is 0 Å². The third-order valence-corrected chi connectivity index (χ3v) is 2.88. The van der Waals surface area contributed by atoms with Crippen molar-refractivity contribution in [2.45, 2.75) is 37.6 Å². The molecular weight excluding hydrogens is 128 g/mol. The number of epoxide rings is 2. The van der Waals surface area contributed by atoms with Gasteiger partial charge in [0.05, 0.1) is 24.9 Å². The van der Waals surface area contributed by atoms with Gasteiger partial charge < -0.3 is 9.47 Å². The Kier molecular flexibility index (Phi) is 0.968. The van der Waals surface area contributed by atoms with Crippen molar-refractivity contribution in [1.29, 1.82) is 0 Å². The van der Waals surface area contributed by atoms with Gasteiger partial charge in [-0.2, -0.15) is 0 Å². The van der Waals surface area contributed by atoms with E-state index in [-0.39, 0.29) is 0 Å². The van der Waals surface area contributed by atoms with E-state index in [0.29, 0.717) is 18.3 Å². The molecule has 10 heavy (non-hydrogen) atoms. The summed E-state index contributed by atoms with van der Waals surface area (Å²) < 4.78 is 10.6. The topological polar surface area (TPSA) is 25.1 Å². The molecule has 2 heterocycles. The molecule has 3 fully saturated rings. The molecular formula is C8H12O2. The number of hydrogen-bond donors (Lipinski definition) is 0. The quantitative estimate of drug-likeness (QED) is 0.533. The van der Waals surface area contributed by atoms with Crippen molar-refractivity contribution in [3.05, 3.63) is 0 Å². The third kappa shape index (κ3) is 0.789. The zero-order valence-electron chi connectivity index (χ0n) is 5.95.